The Morgan fingerprint density at radius 2 is 1.67 bits per heavy atom. The summed E-state index contributed by atoms with van der Waals surface area (Å²) >= 11 is 0. The minimum absolute atomic E-state index is 0.210. The van der Waals surface area contributed by atoms with Gasteiger partial charge in [-0.2, -0.15) is 0 Å². The highest BCUT2D eigenvalue weighted by molar-refractivity contribution is 5.69. The van der Waals surface area contributed by atoms with Crippen molar-refractivity contribution in [1.29, 1.82) is 0 Å². The van der Waals surface area contributed by atoms with Crippen LogP contribution in [0.25, 0.3) is 0 Å². The predicted octanol–water partition coefficient (Wildman–Crippen LogP) is 2.06. The van der Waals surface area contributed by atoms with E-state index < -0.39 is 0 Å². The molecule has 0 N–H and O–H groups in total. The maximum Gasteiger partial charge on any atom is 0.305 e. The van der Waals surface area contributed by atoms with Crippen molar-refractivity contribution in [2.75, 3.05) is 13.2 Å². The fourth-order valence-electron chi connectivity index (χ4n) is 1.04. The lowest BCUT2D eigenvalue weighted by atomic mass is 10.3. The Kier molecular flexibility index (Phi) is 8.82. The molecular formula is C11H20O4. The Morgan fingerprint density at radius 3 is 2.27 bits per heavy atom. The van der Waals surface area contributed by atoms with Crippen LogP contribution >= 0.6 is 0 Å². The van der Waals surface area contributed by atoms with Crippen LogP contribution in [-0.2, 0) is 19.1 Å². The van der Waals surface area contributed by atoms with E-state index in [4.69, 9.17) is 4.74 Å². The van der Waals surface area contributed by atoms with Crippen LogP contribution in [0.4, 0.5) is 0 Å². The van der Waals surface area contributed by atoms with Crippen LogP contribution in [0.15, 0.2) is 0 Å². The van der Waals surface area contributed by atoms with E-state index in [0.717, 1.165) is 19.3 Å². The predicted molar refractivity (Wildman–Crippen MR) is 56.4 cm³/mol. The quantitative estimate of drug-likeness (QED) is 0.460. The summed E-state index contributed by atoms with van der Waals surface area (Å²) in [6.07, 6.45) is 3.97. The Morgan fingerprint density at radius 1 is 1.00 bits per heavy atom. The molecule has 0 atom stereocenters. The molecular weight excluding hydrogens is 196 g/mol. The summed E-state index contributed by atoms with van der Waals surface area (Å²) in [5.74, 6) is -0.524. The summed E-state index contributed by atoms with van der Waals surface area (Å²) in [5, 5.41) is 0. The maximum absolute atomic E-state index is 11.1. The van der Waals surface area contributed by atoms with Gasteiger partial charge in [0.2, 0.25) is 0 Å². The zero-order chi connectivity index (χ0) is 11.5. The van der Waals surface area contributed by atoms with Gasteiger partial charge in [0, 0.05) is 13.3 Å². The lowest BCUT2D eigenvalue weighted by Gasteiger charge is -2.04. The number of carbonyl (C=O) groups is 2. The molecule has 0 aromatic carbocycles. The van der Waals surface area contributed by atoms with Crippen molar-refractivity contribution in [3.63, 3.8) is 0 Å². The standard InChI is InChI=1S/C11H20O4/c1-3-4-5-8-15-11(13)7-6-9-14-10(2)12/h3-9H2,1-2H3. The lowest BCUT2D eigenvalue weighted by molar-refractivity contribution is -0.146. The zero-order valence-corrected chi connectivity index (χ0v) is 9.58. The lowest BCUT2D eigenvalue weighted by Crippen LogP contribution is -2.08. The molecule has 0 unspecified atom stereocenters. The van der Waals surface area contributed by atoms with Gasteiger partial charge in [0.1, 0.15) is 0 Å². The minimum atomic E-state index is -0.314. The molecule has 0 aromatic heterocycles. The molecule has 15 heavy (non-hydrogen) atoms. The SMILES string of the molecule is CCCCCOC(=O)CCCOC(C)=O. The molecule has 0 spiro atoms. The summed E-state index contributed by atoms with van der Waals surface area (Å²) in [7, 11) is 0. The summed E-state index contributed by atoms with van der Waals surface area (Å²) in [4.78, 5) is 21.5. The van der Waals surface area contributed by atoms with Crippen LogP contribution in [-0.4, -0.2) is 25.2 Å². The van der Waals surface area contributed by atoms with Crippen LogP contribution < -0.4 is 0 Å². The van der Waals surface area contributed by atoms with Gasteiger partial charge in [-0.05, 0) is 12.8 Å². The van der Waals surface area contributed by atoms with Gasteiger partial charge in [0.25, 0.3) is 0 Å². The average Bonchev–Trinajstić information content (AvgIpc) is 2.19. The van der Waals surface area contributed by atoms with Crippen molar-refractivity contribution in [2.24, 2.45) is 0 Å². The molecule has 0 fully saturated rings. The highest BCUT2D eigenvalue weighted by atomic mass is 16.5. The molecule has 0 rings (SSSR count). The fraction of sp³-hybridized carbons (Fsp3) is 0.818. The van der Waals surface area contributed by atoms with Crippen LogP contribution in [0.3, 0.4) is 0 Å². The molecule has 0 aliphatic rings. The van der Waals surface area contributed by atoms with Gasteiger partial charge in [-0.3, -0.25) is 9.59 Å². The van der Waals surface area contributed by atoms with E-state index >= 15 is 0 Å². The number of unbranched alkanes of at least 4 members (excludes halogenated alkanes) is 2. The Balaban J connectivity index is 3.22. The summed E-state index contributed by atoms with van der Waals surface area (Å²) in [6, 6.07) is 0. The normalized spacial score (nSPS) is 9.73. The van der Waals surface area contributed by atoms with E-state index in [1.54, 1.807) is 0 Å². The van der Waals surface area contributed by atoms with Gasteiger partial charge < -0.3 is 9.47 Å². The monoisotopic (exact) mass is 216 g/mol. The molecule has 0 aliphatic heterocycles. The molecule has 0 saturated heterocycles. The topological polar surface area (TPSA) is 52.6 Å². The van der Waals surface area contributed by atoms with E-state index in [-0.39, 0.29) is 11.9 Å². The first-order chi connectivity index (χ1) is 7.16. The van der Waals surface area contributed by atoms with Gasteiger partial charge in [0.15, 0.2) is 0 Å². The summed E-state index contributed by atoms with van der Waals surface area (Å²) in [6.45, 7) is 4.24. The Hall–Kier alpha value is -1.06. The number of carbonyl (C=O) groups excluding carboxylic acids is 2. The van der Waals surface area contributed by atoms with Crippen molar-refractivity contribution in [3.8, 4) is 0 Å². The third-order valence-corrected chi connectivity index (χ3v) is 1.84. The molecule has 4 nitrogen and oxygen atoms in total. The van der Waals surface area contributed by atoms with Crippen molar-refractivity contribution >= 4 is 11.9 Å². The second-order valence-electron chi connectivity index (χ2n) is 3.37. The van der Waals surface area contributed by atoms with Crippen molar-refractivity contribution in [1.82, 2.24) is 0 Å². The van der Waals surface area contributed by atoms with E-state index in [2.05, 4.69) is 11.7 Å². The minimum Gasteiger partial charge on any atom is -0.466 e. The molecule has 0 saturated carbocycles. The van der Waals surface area contributed by atoms with Gasteiger partial charge in [-0.15, -0.1) is 0 Å². The smallest absolute Gasteiger partial charge is 0.305 e. The first-order valence-corrected chi connectivity index (χ1v) is 5.45. The molecule has 0 bridgehead atoms. The van der Waals surface area contributed by atoms with Gasteiger partial charge >= 0.3 is 11.9 Å². The fourth-order valence-corrected chi connectivity index (χ4v) is 1.04. The molecule has 0 radical (unpaired) electrons. The Bertz CT molecular complexity index is 189. The summed E-state index contributed by atoms with van der Waals surface area (Å²) < 4.78 is 9.66. The van der Waals surface area contributed by atoms with Crippen molar-refractivity contribution in [2.45, 2.75) is 46.0 Å². The molecule has 0 amide bonds. The molecule has 88 valence electrons. The third-order valence-electron chi connectivity index (χ3n) is 1.84. The van der Waals surface area contributed by atoms with Crippen LogP contribution in [0, 0.1) is 0 Å². The van der Waals surface area contributed by atoms with E-state index in [1.807, 2.05) is 0 Å². The highest BCUT2D eigenvalue weighted by Crippen LogP contribution is 1.98. The molecule has 4 heteroatoms. The second-order valence-corrected chi connectivity index (χ2v) is 3.37. The number of rotatable bonds is 8. The first kappa shape index (κ1) is 13.9. The van der Waals surface area contributed by atoms with E-state index in [9.17, 15) is 9.59 Å². The van der Waals surface area contributed by atoms with Crippen LogP contribution in [0.1, 0.15) is 46.0 Å². The van der Waals surface area contributed by atoms with Crippen LogP contribution in [0.2, 0.25) is 0 Å². The number of esters is 2. The number of ether oxygens (including phenoxy) is 2. The van der Waals surface area contributed by atoms with Gasteiger partial charge in [-0.25, -0.2) is 0 Å². The first-order valence-electron chi connectivity index (χ1n) is 5.45. The van der Waals surface area contributed by atoms with Gasteiger partial charge in [0.05, 0.1) is 13.2 Å². The number of hydrogen-bond donors (Lipinski definition) is 0. The van der Waals surface area contributed by atoms with Gasteiger partial charge in [-0.1, -0.05) is 19.8 Å². The Labute approximate surface area is 90.9 Å². The maximum atomic E-state index is 11.1. The third kappa shape index (κ3) is 10.9. The molecule has 0 aromatic rings. The van der Waals surface area contributed by atoms with Crippen LogP contribution in [0.5, 0.6) is 0 Å². The van der Waals surface area contributed by atoms with E-state index in [0.29, 0.717) is 26.1 Å². The second kappa shape index (κ2) is 9.49. The van der Waals surface area contributed by atoms with Crippen molar-refractivity contribution < 1.29 is 19.1 Å². The average molecular weight is 216 g/mol. The summed E-state index contributed by atoms with van der Waals surface area (Å²) in [5.41, 5.74) is 0. The number of hydrogen-bond acceptors (Lipinski definition) is 4. The highest BCUT2D eigenvalue weighted by Gasteiger charge is 2.02. The largest absolute Gasteiger partial charge is 0.466 e. The zero-order valence-electron chi connectivity index (χ0n) is 9.58. The van der Waals surface area contributed by atoms with Crippen molar-refractivity contribution in [3.05, 3.63) is 0 Å². The molecule has 0 heterocycles. The molecule has 0 aliphatic carbocycles. The van der Waals surface area contributed by atoms with E-state index in [1.165, 1.54) is 6.92 Å².